The molecule has 0 bridgehead atoms. The fourth-order valence-corrected chi connectivity index (χ4v) is 3.74. The number of nitrogens with two attached hydrogens (primary N) is 2. The standard InChI is InChI=1S/C18H26N6O2/c1-23(2)15(25)13-11-12(7-8-14(13)26-3)24-17(20)21-16(19)22-18(24)9-5-4-6-10-18/h7-8,11H,4-6,9-10H2,1-3H3,(H4,19,20,21,22). The van der Waals surface area contributed by atoms with Crippen molar-refractivity contribution in [3.63, 3.8) is 0 Å². The van der Waals surface area contributed by atoms with Crippen molar-refractivity contribution in [2.45, 2.75) is 37.8 Å². The van der Waals surface area contributed by atoms with E-state index in [2.05, 4.69) is 9.98 Å². The molecular formula is C18H26N6O2. The van der Waals surface area contributed by atoms with E-state index in [1.807, 2.05) is 11.0 Å². The molecule has 1 heterocycles. The maximum Gasteiger partial charge on any atom is 0.257 e. The summed E-state index contributed by atoms with van der Waals surface area (Å²) in [6, 6.07) is 5.44. The molecule has 1 aliphatic carbocycles. The summed E-state index contributed by atoms with van der Waals surface area (Å²) in [5.74, 6) is 0.879. The first-order valence-electron chi connectivity index (χ1n) is 8.77. The lowest BCUT2D eigenvalue weighted by molar-refractivity contribution is 0.0824. The van der Waals surface area contributed by atoms with Gasteiger partial charge in [0.15, 0.2) is 0 Å². The van der Waals surface area contributed by atoms with E-state index in [4.69, 9.17) is 16.2 Å². The Balaban J connectivity index is 2.10. The minimum Gasteiger partial charge on any atom is -0.496 e. The van der Waals surface area contributed by atoms with Crippen LogP contribution in [0.1, 0.15) is 42.5 Å². The maximum absolute atomic E-state index is 12.6. The SMILES string of the molecule is COc1ccc(N2C(N)=NC(N)=NC23CCCCC3)cc1C(=O)N(C)C. The van der Waals surface area contributed by atoms with Gasteiger partial charge in [-0.3, -0.25) is 9.69 Å². The topological polar surface area (TPSA) is 110 Å². The third kappa shape index (κ3) is 3.07. The Morgan fingerprint density at radius 3 is 2.54 bits per heavy atom. The lowest BCUT2D eigenvalue weighted by Gasteiger charge is -2.45. The molecule has 1 amide bonds. The molecule has 4 N–H and O–H groups in total. The van der Waals surface area contributed by atoms with E-state index in [0.717, 1.165) is 37.8 Å². The summed E-state index contributed by atoms with van der Waals surface area (Å²) in [6.45, 7) is 0. The molecule has 1 aliphatic heterocycles. The van der Waals surface area contributed by atoms with Crippen LogP contribution in [0.15, 0.2) is 28.2 Å². The number of guanidine groups is 2. The zero-order chi connectivity index (χ0) is 18.9. The first kappa shape index (κ1) is 18.0. The summed E-state index contributed by atoms with van der Waals surface area (Å²) in [5.41, 5.74) is 12.8. The second-order valence-electron chi connectivity index (χ2n) is 6.90. The molecule has 1 fully saturated rings. The molecule has 2 aliphatic rings. The highest BCUT2D eigenvalue weighted by Crippen LogP contribution is 2.40. The lowest BCUT2D eigenvalue weighted by atomic mass is 9.87. The Labute approximate surface area is 153 Å². The monoisotopic (exact) mass is 358 g/mol. The summed E-state index contributed by atoms with van der Waals surface area (Å²) >= 11 is 0. The van der Waals surface area contributed by atoms with Crippen LogP contribution in [0.25, 0.3) is 0 Å². The maximum atomic E-state index is 12.6. The molecule has 0 atom stereocenters. The number of carbonyl (C=O) groups excluding carboxylic acids is 1. The Morgan fingerprint density at radius 2 is 1.92 bits per heavy atom. The number of hydrogen-bond acceptors (Lipinski definition) is 7. The highest BCUT2D eigenvalue weighted by molar-refractivity contribution is 6.06. The average molecular weight is 358 g/mol. The van der Waals surface area contributed by atoms with Crippen molar-refractivity contribution >= 4 is 23.5 Å². The third-order valence-electron chi connectivity index (χ3n) is 4.93. The van der Waals surface area contributed by atoms with E-state index in [0.29, 0.717) is 17.3 Å². The summed E-state index contributed by atoms with van der Waals surface area (Å²) < 4.78 is 5.36. The van der Waals surface area contributed by atoms with Crippen LogP contribution in [-0.4, -0.2) is 49.6 Å². The predicted octanol–water partition coefficient (Wildman–Crippen LogP) is 1.51. The zero-order valence-electron chi connectivity index (χ0n) is 15.5. The molecule has 0 radical (unpaired) electrons. The quantitative estimate of drug-likeness (QED) is 0.851. The van der Waals surface area contributed by atoms with Crippen LogP contribution < -0.4 is 21.1 Å². The van der Waals surface area contributed by atoms with Crippen LogP contribution in [0, 0.1) is 0 Å². The number of carbonyl (C=O) groups is 1. The molecule has 8 nitrogen and oxygen atoms in total. The Bertz CT molecular complexity index is 765. The van der Waals surface area contributed by atoms with Gasteiger partial charge in [0, 0.05) is 19.8 Å². The number of rotatable bonds is 3. The lowest BCUT2D eigenvalue weighted by Crippen LogP contribution is -2.58. The summed E-state index contributed by atoms with van der Waals surface area (Å²) in [6.07, 6.45) is 4.93. The highest BCUT2D eigenvalue weighted by atomic mass is 16.5. The fraction of sp³-hybridized carbons (Fsp3) is 0.500. The normalized spacial score (nSPS) is 19.0. The fourth-order valence-electron chi connectivity index (χ4n) is 3.74. The first-order valence-corrected chi connectivity index (χ1v) is 8.77. The van der Waals surface area contributed by atoms with Gasteiger partial charge in [-0.15, -0.1) is 0 Å². The van der Waals surface area contributed by atoms with Crippen molar-refractivity contribution < 1.29 is 9.53 Å². The number of amides is 1. The van der Waals surface area contributed by atoms with Crippen LogP contribution >= 0.6 is 0 Å². The molecule has 26 heavy (non-hydrogen) atoms. The van der Waals surface area contributed by atoms with Crippen LogP contribution in [0.3, 0.4) is 0 Å². The Kier molecular flexibility index (Phi) is 4.76. The molecule has 1 aromatic rings. The second kappa shape index (κ2) is 6.86. The highest BCUT2D eigenvalue weighted by Gasteiger charge is 2.42. The van der Waals surface area contributed by atoms with Gasteiger partial charge in [0.25, 0.3) is 5.91 Å². The molecule has 0 unspecified atom stereocenters. The van der Waals surface area contributed by atoms with Gasteiger partial charge in [-0.05, 0) is 43.9 Å². The molecule has 8 heteroatoms. The minimum absolute atomic E-state index is 0.142. The zero-order valence-corrected chi connectivity index (χ0v) is 15.5. The van der Waals surface area contributed by atoms with Crippen molar-refractivity contribution in [1.82, 2.24) is 4.90 Å². The molecule has 1 aromatic carbocycles. The molecule has 0 saturated heterocycles. The van der Waals surface area contributed by atoms with Crippen LogP contribution in [0.5, 0.6) is 5.75 Å². The molecular weight excluding hydrogens is 332 g/mol. The van der Waals surface area contributed by atoms with Gasteiger partial charge in [-0.2, -0.15) is 4.99 Å². The molecule has 3 rings (SSSR count). The number of hydrogen-bond donors (Lipinski definition) is 2. The molecule has 1 spiro atoms. The first-order chi connectivity index (χ1) is 12.4. The number of ether oxygens (including phenoxy) is 1. The van der Waals surface area contributed by atoms with Gasteiger partial charge in [0.2, 0.25) is 11.9 Å². The van der Waals surface area contributed by atoms with Crippen LogP contribution in [0.4, 0.5) is 5.69 Å². The molecule has 1 saturated carbocycles. The van der Waals surface area contributed by atoms with Crippen molar-refractivity contribution in [2.24, 2.45) is 21.5 Å². The Hall–Kier alpha value is -2.77. The number of aliphatic imine (C=N–C) groups is 2. The molecule has 140 valence electrons. The summed E-state index contributed by atoms with van der Waals surface area (Å²) in [7, 11) is 4.96. The third-order valence-corrected chi connectivity index (χ3v) is 4.93. The number of methoxy groups -OCH3 is 1. The largest absolute Gasteiger partial charge is 0.496 e. The summed E-state index contributed by atoms with van der Waals surface area (Å²) in [4.78, 5) is 24.8. The number of benzene rings is 1. The predicted molar refractivity (Wildman–Crippen MR) is 103 cm³/mol. The smallest absolute Gasteiger partial charge is 0.257 e. The van der Waals surface area contributed by atoms with E-state index >= 15 is 0 Å². The number of nitrogens with zero attached hydrogens (tertiary/aromatic N) is 4. The summed E-state index contributed by atoms with van der Waals surface area (Å²) in [5, 5.41) is 0. The van der Waals surface area contributed by atoms with Crippen molar-refractivity contribution in [1.29, 1.82) is 0 Å². The van der Waals surface area contributed by atoms with E-state index in [-0.39, 0.29) is 11.9 Å². The van der Waals surface area contributed by atoms with Gasteiger partial charge >= 0.3 is 0 Å². The van der Waals surface area contributed by atoms with Crippen molar-refractivity contribution in [3.05, 3.63) is 23.8 Å². The van der Waals surface area contributed by atoms with E-state index < -0.39 is 5.66 Å². The van der Waals surface area contributed by atoms with Gasteiger partial charge in [-0.1, -0.05) is 6.42 Å². The molecule has 0 aromatic heterocycles. The van der Waals surface area contributed by atoms with Crippen LogP contribution in [-0.2, 0) is 0 Å². The van der Waals surface area contributed by atoms with Gasteiger partial charge < -0.3 is 21.1 Å². The number of anilines is 1. The van der Waals surface area contributed by atoms with E-state index in [9.17, 15) is 4.79 Å². The van der Waals surface area contributed by atoms with Crippen molar-refractivity contribution in [3.8, 4) is 5.75 Å². The van der Waals surface area contributed by atoms with E-state index in [1.165, 1.54) is 4.90 Å². The van der Waals surface area contributed by atoms with Gasteiger partial charge in [0.05, 0.1) is 12.7 Å². The minimum atomic E-state index is -0.540. The van der Waals surface area contributed by atoms with Gasteiger partial charge in [0.1, 0.15) is 11.4 Å². The van der Waals surface area contributed by atoms with E-state index in [1.54, 1.807) is 33.3 Å². The second-order valence-corrected chi connectivity index (χ2v) is 6.90. The average Bonchev–Trinajstić information content (AvgIpc) is 2.60. The van der Waals surface area contributed by atoms with Crippen LogP contribution in [0.2, 0.25) is 0 Å². The Morgan fingerprint density at radius 1 is 1.23 bits per heavy atom. The van der Waals surface area contributed by atoms with Gasteiger partial charge in [-0.25, -0.2) is 4.99 Å². The van der Waals surface area contributed by atoms with Crippen molar-refractivity contribution in [2.75, 3.05) is 26.1 Å².